The van der Waals surface area contributed by atoms with Gasteiger partial charge in [0, 0.05) is 29.5 Å². The molecule has 0 N–H and O–H groups in total. The normalized spacial score (nSPS) is 11.6. The lowest BCUT2D eigenvalue weighted by Crippen LogP contribution is -2.18. The molecule has 0 aliphatic heterocycles. The number of halogens is 3. The molecular weight excluding hydrogens is 445 g/mol. The molecule has 7 nitrogen and oxygen atoms in total. The van der Waals surface area contributed by atoms with Crippen LogP contribution < -0.4 is 4.74 Å². The fourth-order valence-corrected chi connectivity index (χ4v) is 3.47. The second-order valence-electron chi connectivity index (χ2n) is 7.46. The van der Waals surface area contributed by atoms with Crippen molar-refractivity contribution in [2.75, 3.05) is 0 Å². The Hall–Kier alpha value is -4.34. The molecule has 0 radical (unpaired) electrons. The van der Waals surface area contributed by atoms with Gasteiger partial charge in [-0.3, -0.25) is 9.67 Å². The molecule has 170 valence electrons. The van der Waals surface area contributed by atoms with Gasteiger partial charge in [0.1, 0.15) is 24.5 Å². The van der Waals surface area contributed by atoms with Crippen LogP contribution in [0.15, 0.2) is 79.5 Å². The Bertz CT molecular complexity index is 1420. The van der Waals surface area contributed by atoms with E-state index < -0.39 is 12.7 Å². The number of hydrogen-bond acceptors (Lipinski definition) is 6. The van der Waals surface area contributed by atoms with Crippen molar-refractivity contribution in [1.82, 2.24) is 29.7 Å². The van der Waals surface area contributed by atoms with Crippen molar-refractivity contribution in [3.63, 3.8) is 0 Å². The summed E-state index contributed by atoms with van der Waals surface area (Å²) in [4.78, 5) is 17.1. The lowest BCUT2D eigenvalue weighted by Gasteiger charge is -2.07. The van der Waals surface area contributed by atoms with Crippen molar-refractivity contribution < 1.29 is 17.9 Å². The number of rotatable bonds is 6. The zero-order valence-electron chi connectivity index (χ0n) is 17.6. The van der Waals surface area contributed by atoms with Gasteiger partial charge in [0.05, 0.1) is 23.6 Å². The number of fused-ring (bicyclic) bond motifs is 1. The topological polar surface area (TPSA) is 78.6 Å². The van der Waals surface area contributed by atoms with Gasteiger partial charge in [0.15, 0.2) is 0 Å². The molecule has 5 aromatic rings. The summed E-state index contributed by atoms with van der Waals surface area (Å²) in [7, 11) is 0. The highest BCUT2D eigenvalue weighted by Crippen LogP contribution is 2.31. The van der Waals surface area contributed by atoms with Crippen LogP contribution in [0.2, 0.25) is 0 Å². The number of pyridine rings is 2. The van der Waals surface area contributed by atoms with Gasteiger partial charge >= 0.3 is 6.18 Å². The first kappa shape index (κ1) is 21.5. The molecule has 10 heteroatoms. The van der Waals surface area contributed by atoms with Gasteiger partial charge in [0.25, 0.3) is 0 Å². The summed E-state index contributed by atoms with van der Waals surface area (Å²) in [6, 6.07) is 15.0. The van der Waals surface area contributed by atoms with Gasteiger partial charge in [-0.1, -0.05) is 24.3 Å². The van der Waals surface area contributed by atoms with Crippen LogP contribution in [0.4, 0.5) is 13.2 Å². The summed E-state index contributed by atoms with van der Waals surface area (Å²) in [5.74, 6) is 0.263. The smallest absolute Gasteiger partial charge is 0.408 e. The first-order chi connectivity index (χ1) is 16.4. The molecule has 0 atom stereocenters. The van der Waals surface area contributed by atoms with Crippen molar-refractivity contribution in [2.24, 2.45) is 0 Å². The van der Waals surface area contributed by atoms with E-state index in [9.17, 15) is 13.2 Å². The molecule has 4 aromatic heterocycles. The number of alkyl halides is 3. The Morgan fingerprint density at radius 1 is 0.912 bits per heavy atom. The number of ether oxygens (including phenoxy) is 1. The predicted octanol–water partition coefficient (Wildman–Crippen LogP) is 5.09. The molecular formula is C24H17F3N6O. The summed E-state index contributed by atoms with van der Waals surface area (Å²) in [6.45, 7) is -1.01. The van der Waals surface area contributed by atoms with Crippen LogP contribution >= 0.6 is 0 Å². The van der Waals surface area contributed by atoms with E-state index in [1.165, 1.54) is 18.6 Å². The quantitative estimate of drug-likeness (QED) is 0.350. The molecule has 0 aliphatic carbocycles. The van der Waals surface area contributed by atoms with Crippen LogP contribution in [-0.2, 0) is 13.2 Å². The molecule has 5 rings (SSSR count). The SMILES string of the molecule is FC(F)(F)Cn1cc(-c2ccncc2)c(-c2cnc(OCc3ccc4ccccc4n3)cn2)n1. The molecule has 0 saturated heterocycles. The van der Waals surface area contributed by atoms with Crippen LogP contribution in [0.5, 0.6) is 5.88 Å². The van der Waals surface area contributed by atoms with Crippen LogP contribution in [0.25, 0.3) is 33.4 Å². The van der Waals surface area contributed by atoms with Crippen LogP contribution in [0.1, 0.15) is 5.69 Å². The molecule has 0 aliphatic rings. The Morgan fingerprint density at radius 3 is 2.50 bits per heavy atom. The zero-order chi connectivity index (χ0) is 23.5. The molecule has 0 spiro atoms. The van der Waals surface area contributed by atoms with Gasteiger partial charge in [-0.2, -0.15) is 18.3 Å². The number of nitrogens with zero attached hydrogens (tertiary/aromatic N) is 6. The molecule has 0 unspecified atom stereocenters. The zero-order valence-corrected chi connectivity index (χ0v) is 17.6. The second-order valence-corrected chi connectivity index (χ2v) is 7.46. The summed E-state index contributed by atoms with van der Waals surface area (Å²) in [5.41, 5.74) is 3.37. The Morgan fingerprint density at radius 2 is 1.74 bits per heavy atom. The number of aromatic nitrogens is 6. The lowest BCUT2D eigenvalue weighted by atomic mass is 10.1. The molecule has 34 heavy (non-hydrogen) atoms. The largest absolute Gasteiger partial charge is 0.470 e. The van der Waals surface area contributed by atoms with Gasteiger partial charge in [-0.05, 0) is 29.8 Å². The maximum atomic E-state index is 12.9. The lowest BCUT2D eigenvalue weighted by molar-refractivity contribution is -0.142. The van der Waals surface area contributed by atoms with Crippen LogP contribution in [0, 0.1) is 0 Å². The summed E-state index contributed by atoms with van der Waals surface area (Å²) < 4.78 is 45.3. The van der Waals surface area contributed by atoms with Crippen molar-refractivity contribution in [2.45, 2.75) is 19.3 Å². The van der Waals surface area contributed by atoms with E-state index in [0.29, 0.717) is 16.8 Å². The highest BCUT2D eigenvalue weighted by Gasteiger charge is 2.29. The first-order valence-corrected chi connectivity index (χ1v) is 10.3. The Balaban J connectivity index is 1.37. The first-order valence-electron chi connectivity index (χ1n) is 10.3. The van der Waals surface area contributed by atoms with Crippen molar-refractivity contribution in [3.8, 4) is 28.4 Å². The second kappa shape index (κ2) is 8.89. The third-order valence-electron chi connectivity index (χ3n) is 4.99. The number of benzene rings is 1. The molecule has 0 saturated carbocycles. The summed E-state index contributed by atoms with van der Waals surface area (Å²) in [6.07, 6.45) is 2.89. The van der Waals surface area contributed by atoms with Gasteiger partial charge in [0.2, 0.25) is 5.88 Å². The highest BCUT2D eigenvalue weighted by molar-refractivity contribution is 5.79. The molecule has 0 bridgehead atoms. The van der Waals surface area contributed by atoms with Gasteiger partial charge < -0.3 is 4.74 Å². The fraction of sp³-hybridized carbons (Fsp3) is 0.125. The molecule has 0 amide bonds. The third-order valence-corrected chi connectivity index (χ3v) is 4.99. The third kappa shape index (κ3) is 4.85. The predicted molar refractivity (Wildman–Crippen MR) is 119 cm³/mol. The van der Waals surface area contributed by atoms with E-state index >= 15 is 0 Å². The minimum Gasteiger partial charge on any atom is -0.470 e. The van der Waals surface area contributed by atoms with Crippen LogP contribution in [-0.4, -0.2) is 35.9 Å². The minimum absolute atomic E-state index is 0.196. The Labute approximate surface area is 191 Å². The standard InChI is InChI=1S/C24H17F3N6O/c25-24(26,27)15-33-13-19(16-7-9-28-10-8-16)23(32-33)21-11-30-22(12-29-21)34-14-18-6-5-17-3-1-2-4-20(17)31-18/h1-13H,14-15H2. The van der Waals surface area contributed by atoms with E-state index in [0.717, 1.165) is 21.3 Å². The van der Waals surface area contributed by atoms with Crippen molar-refractivity contribution >= 4 is 10.9 Å². The van der Waals surface area contributed by atoms with E-state index in [1.807, 2.05) is 36.4 Å². The maximum absolute atomic E-state index is 12.9. The van der Waals surface area contributed by atoms with Crippen LogP contribution in [0.3, 0.4) is 0 Å². The van der Waals surface area contributed by atoms with Gasteiger partial charge in [-0.15, -0.1) is 0 Å². The average Bonchev–Trinajstić information content (AvgIpc) is 3.25. The highest BCUT2D eigenvalue weighted by atomic mass is 19.4. The van der Waals surface area contributed by atoms with E-state index in [4.69, 9.17) is 4.74 Å². The molecule has 0 fully saturated rings. The van der Waals surface area contributed by atoms with Crippen molar-refractivity contribution in [1.29, 1.82) is 0 Å². The monoisotopic (exact) mass is 462 g/mol. The van der Waals surface area contributed by atoms with E-state index in [1.54, 1.807) is 24.5 Å². The summed E-state index contributed by atoms with van der Waals surface area (Å²) >= 11 is 0. The number of hydrogen-bond donors (Lipinski definition) is 0. The van der Waals surface area contributed by atoms with Crippen molar-refractivity contribution in [3.05, 3.63) is 85.2 Å². The maximum Gasteiger partial charge on any atom is 0.408 e. The molecule has 1 aromatic carbocycles. The van der Waals surface area contributed by atoms with E-state index in [-0.39, 0.29) is 18.2 Å². The number of para-hydroxylation sites is 1. The summed E-state index contributed by atoms with van der Waals surface area (Å²) in [5, 5.41) is 5.15. The fourth-order valence-electron chi connectivity index (χ4n) is 3.47. The average molecular weight is 462 g/mol. The Kier molecular flexibility index (Phi) is 5.62. The van der Waals surface area contributed by atoms with Gasteiger partial charge in [-0.25, -0.2) is 15.0 Å². The minimum atomic E-state index is -4.40. The van der Waals surface area contributed by atoms with E-state index in [2.05, 4.69) is 25.0 Å². The molecule has 4 heterocycles.